The highest BCUT2D eigenvalue weighted by Gasteiger charge is 2.44. The van der Waals surface area contributed by atoms with Crippen molar-refractivity contribution in [2.75, 3.05) is 19.7 Å². The predicted octanol–water partition coefficient (Wildman–Crippen LogP) is 3.22. The van der Waals surface area contributed by atoms with E-state index in [1.807, 2.05) is 0 Å². The van der Waals surface area contributed by atoms with E-state index in [1.165, 1.54) is 25.7 Å². The van der Waals surface area contributed by atoms with Crippen molar-refractivity contribution < 1.29 is 4.74 Å². The van der Waals surface area contributed by atoms with Crippen molar-refractivity contribution >= 4 is 0 Å². The first-order chi connectivity index (χ1) is 7.67. The van der Waals surface area contributed by atoms with Crippen molar-refractivity contribution in [3.63, 3.8) is 0 Å². The van der Waals surface area contributed by atoms with Gasteiger partial charge in [0.1, 0.15) is 0 Å². The average Bonchev–Trinajstić information content (AvgIpc) is 2.62. The Hall–Kier alpha value is -0.0800. The Morgan fingerprint density at radius 1 is 1.38 bits per heavy atom. The smallest absolute Gasteiger partial charge is 0.0618 e. The Balaban J connectivity index is 2.60. The molecule has 0 saturated carbocycles. The van der Waals surface area contributed by atoms with Gasteiger partial charge in [-0.25, -0.2) is 0 Å². The summed E-state index contributed by atoms with van der Waals surface area (Å²) in [4.78, 5) is 0. The summed E-state index contributed by atoms with van der Waals surface area (Å²) in [6.45, 7) is 12.4. The molecule has 1 rings (SSSR count). The molecule has 1 fully saturated rings. The largest absolute Gasteiger partial charge is 0.378 e. The van der Waals surface area contributed by atoms with Gasteiger partial charge in [-0.2, -0.15) is 0 Å². The third kappa shape index (κ3) is 2.98. The van der Waals surface area contributed by atoms with E-state index in [0.717, 1.165) is 25.6 Å². The fourth-order valence-electron chi connectivity index (χ4n) is 3.07. The topological polar surface area (TPSA) is 21.3 Å². The second-order valence-corrected chi connectivity index (χ2v) is 5.36. The third-order valence-corrected chi connectivity index (χ3v) is 4.33. The van der Waals surface area contributed by atoms with Gasteiger partial charge in [0.2, 0.25) is 0 Å². The van der Waals surface area contributed by atoms with E-state index >= 15 is 0 Å². The van der Waals surface area contributed by atoms with Gasteiger partial charge < -0.3 is 10.1 Å². The normalized spacial score (nSPS) is 31.9. The zero-order chi connectivity index (χ0) is 12.0. The van der Waals surface area contributed by atoms with Crippen LogP contribution in [-0.4, -0.2) is 25.8 Å². The maximum Gasteiger partial charge on any atom is 0.0618 e. The Morgan fingerprint density at radius 2 is 2.12 bits per heavy atom. The molecule has 0 aromatic heterocycles. The average molecular weight is 227 g/mol. The van der Waals surface area contributed by atoms with Crippen molar-refractivity contribution in [2.24, 2.45) is 11.3 Å². The molecule has 0 aliphatic carbocycles. The highest BCUT2D eigenvalue weighted by molar-refractivity contribution is 4.94. The molecule has 3 unspecified atom stereocenters. The van der Waals surface area contributed by atoms with Crippen LogP contribution in [0.15, 0.2) is 0 Å². The molecule has 0 spiro atoms. The second kappa shape index (κ2) is 6.61. The van der Waals surface area contributed by atoms with Crippen LogP contribution in [0.5, 0.6) is 0 Å². The van der Waals surface area contributed by atoms with Crippen LogP contribution in [0.4, 0.5) is 0 Å². The minimum absolute atomic E-state index is 0.380. The first kappa shape index (κ1) is 14.0. The molecule has 96 valence electrons. The van der Waals surface area contributed by atoms with Crippen molar-refractivity contribution in [3.8, 4) is 0 Å². The van der Waals surface area contributed by atoms with Gasteiger partial charge in [-0.15, -0.1) is 0 Å². The maximum atomic E-state index is 5.83. The van der Waals surface area contributed by atoms with Crippen LogP contribution < -0.4 is 5.32 Å². The molecule has 1 aliphatic rings. The van der Waals surface area contributed by atoms with Crippen molar-refractivity contribution in [1.29, 1.82) is 0 Å². The SMILES string of the molecule is CCCNCC1(C(C)CCC)CCOC1C. The molecule has 0 amide bonds. The van der Waals surface area contributed by atoms with Crippen molar-refractivity contribution in [1.82, 2.24) is 5.32 Å². The molecule has 1 saturated heterocycles. The zero-order valence-electron chi connectivity index (χ0n) is 11.5. The second-order valence-electron chi connectivity index (χ2n) is 5.36. The van der Waals surface area contributed by atoms with E-state index in [0.29, 0.717) is 11.5 Å². The van der Waals surface area contributed by atoms with Gasteiger partial charge in [0.15, 0.2) is 0 Å². The zero-order valence-corrected chi connectivity index (χ0v) is 11.5. The van der Waals surface area contributed by atoms with Gasteiger partial charge in [0.05, 0.1) is 6.10 Å². The highest BCUT2D eigenvalue weighted by atomic mass is 16.5. The van der Waals surface area contributed by atoms with Gasteiger partial charge in [0.25, 0.3) is 0 Å². The molecule has 2 nitrogen and oxygen atoms in total. The molecule has 0 radical (unpaired) electrons. The standard InChI is InChI=1S/C14H29NO/c1-5-7-12(3)14(11-15-9-6-2)8-10-16-13(14)4/h12-13,15H,5-11H2,1-4H3. The summed E-state index contributed by atoms with van der Waals surface area (Å²) in [5.74, 6) is 0.763. The Labute approximate surface area is 101 Å². The van der Waals surface area contributed by atoms with Crippen molar-refractivity contribution in [3.05, 3.63) is 0 Å². The molecular formula is C14H29NO. The van der Waals surface area contributed by atoms with E-state index < -0.39 is 0 Å². The summed E-state index contributed by atoms with van der Waals surface area (Å²) >= 11 is 0. The number of ether oxygens (including phenoxy) is 1. The number of rotatable bonds is 7. The van der Waals surface area contributed by atoms with E-state index in [4.69, 9.17) is 4.74 Å². The molecule has 2 heteroatoms. The minimum Gasteiger partial charge on any atom is -0.378 e. The fraction of sp³-hybridized carbons (Fsp3) is 1.00. The Kier molecular flexibility index (Phi) is 5.77. The summed E-state index contributed by atoms with van der Waals surface area (Å²) < 4.78 is 5.83. The van der Waals surface area contributed by atoms with Crippen LogP contribution in [0.25, 0.3) is 0 Å². The molecule has 16 heavy (non-hydrogen) atoms. The van der Waals surface area contributed by atoms with E-state index in [1.54, 1.807) is 0 Å². The van der Waals surface area contributed by atoms with Crippen LogP contribution in [0.3, 0.4) is 0 Å². The summed E-state index contributed by atoms with van der Waals surface area (Å²) in [5, 5.41) is 3.61. The van der Waals surface area contributed by atoms with Gasteiger partial charge in [-0.05, 0) is 32.2 Å². The van der Waals surface area contributed by atoms with Gasteiger partial charge in [0, 0.05) is 18.6 Å². The molecule has 1 aliphatic heterocycles. The van der Waals surface area contributed by atoms with Gasteiger partial charge in [-0.1, -0.05) is 33.6 Å². The number of hydrogen-bond donors (Lipinski definition) is 1. The maximum absolute atomic E-state index is 5.83. The Bertz CT molecular complexity index is 195. The molecule has 0 bridgehead atoms. The lowest BCUT2D eigenvalue weighted by Gasteiger charge is -2.38. The van der Waals surface area contributed by atoms with E-state index in [2.05, 4.69) is 33.0 Å². The summed E-state index contributed by atoms with van der Waals surface area (Å²) in [6, 6.07) is 0. The van der Waals surface area contributed by atoms with E-state index in [9.17, 15) is 0 Å². The number of nitrogens with one attached hydrogen (secondary N) is 1. The van der Waals surface area contributed by atoms with Gasteiger partial charge in [-0.3, -0.25) is 0 Å². The summed E-state index contributed by atoms with van der Waals surface area (Å²) in [6.07, 6.45) is 5.46. The van der Waals surface area contributed by atoms with Crippen LogP contribution in [-0.2, 0) is 4.74 Å². The Morgan fingerprint density at radius 3 is 2.62 bits per heavy atom. The van der Waals surface area contributed by atoms with E-state index in [-0.39, 0.29) is 0 Å². The van der Waals surface area contributed by atoms with Crippen LogP contribution in [0, 0.1) is 11.3 Å². The fourth-order valence-corrected chi connectivity index (χ4v) is 3.07. The summed E-state index contributed by atoms with van der Waals surface area (Å²) in [7, 11) is 0. The first-order valence-electron chi connectivity index (χ1n) is 6.99. The first-order valence-corrected chi connectivity index (χ1v) is 6.99. The molecule has 1 N–H and O–H groups in total. The minimum atomic E-state index is 0.380. The molecule has 0 aromatic rings. The summed E-state index contributed by atoms with van der Waals surface area (Å²) in [5.41, 5.74) is 0.380. The molecule has 1 heterocycles. The van der Waals surface area contributed by atoms with Crippen molar-refractivity contribution in [2.45, 2.75) is 59.5 Å². The molecular weight excluding hydrogens is 198 g/mol. The van der Waals surface area contributed by atoms with Crippen LogP contribution >= 0.6 is 0 Å². The van der Waals surface area contributed by atoms with Gasteiger partial charge >= 0.3 is 0 Å². The monoisotopic (exact) mass is 227 g/mol. The van der Waals surface area contributed by atoms with Crippen LogP contribution in [0.2, 0.25) is 0 Å². The lowest BCUT2D eigenvalue weighted by Crippen LogP contribution is -2.44. The predicted molar refractivity (Wildman–Crippen MR) is 69.7 cm³/mol. The number of hydrogen-bond acceptors (Lipinski definition) is 2. The molecule has 3 atom stereocenters. The lowest BCUT2D eigenvalue weighted by atomic mass is 9.69. The lowest BCUT2D eigenvalue weighted by molar-refractivity contribution is 0.0299. The highest BCUT2D eigenvalue weighted by Crippen LogP contribution is 2.43. The van der Waals surface area contributed by atoms with Crippen LogP contribution in [0.1, 0.15) is 53.4 Å². The quantitative estimate of drug-likeness (QED) is 0.674. The molecule has 0 aromatic carbocycles. The third-order valence-electron chi connectivity index (χ3n) is 4.33.